The van der Waals surface area contributed by atoms with Gasteiger partial charge in [-0.25, -0.2) is 9.98 Å². The molecule has 0 aliphatic carbocycles. The quantitative estimate of drug-likeness (QED) is 0.792. The van der Waals surface area contributed by atoms with Crippen LogP contribution in [0, 0.1) is 0 Å². The molecule has 0 bridgehead atoms. The number of halogens is 1. The van der Waals surface area contributed by atoms with E-state index in [1.54, 1.807) is 0 Å². The smallest absolute Gasteiger partial charge is 0.176 e. The summed E-state index contributed by atoms with van der Waals surface area (Å²) in [4.78, 5) is 12.5. The van der Waals surface area contributed by atoms with Crippen LogP contribution >= 0.6 is 11.6 Å². The largest absolute Gasteiger partial charge is 0.355 e. The predicted molar refractivity (Wildman–Crippen MR) is 100 cm³/mol. The molecule has 1 atom stereocenters. The zero-order valence-corrected chi connectivity index (χ0v) is 14.5. The van der Waals surface area contributed by atoms with Gasteiger partial charge in [-0.1, -0.05) is 54.1 Å². The van der Waals surface area contributed by atoms with Crippen molar-refractivity contribution in [3.05, 3.63) is 70.7 Å². The molecular weight excluding hydrogens is 318 g/mol. The number of hydrogen-bond acceptors (Lipinski definition) is 3. The lowest BCUT2D eigenvalue weighted by Crippen LogP contribution is -2.33. The van der Waals surface area contributed by atoms with Crippen molar-refractivity contribution in [1.29, 1.82) is 0 Å². The zero-order valence-electron chi connectivity index (χ0n) is 13.7. The van der Waals surface area contributed by atoms with E-state index in [-0.39, 0.29) is 0 Å². The van der Waals surface area contributed by atoms with Gasteiger partial charge in [-0.3, -0.25) is 0 Å². The molecule has 2 heterocycles. The Hall–Kier alpha value is -2.13. The predicted octanol–water partition coefficient (Wildman–Crippen LogP) is 4.51. The standard InChI is InChI=1S/C20H20ClN3/c1-20(16-7-3-2-4-8-16)22-18(15-9-11-17(21)12-10-15)19(23-20)24-13-5-6-14-24/h2-4,7-12H,5-6,13-14H2,1H3. The van der Waals surface area contributed by atoms with Crippen molar-refractivity contribution in [1.82, 2.24) is 4.90 Å². The molecule has 1 unspecified atom stereocenters. The summed E-state index contributed by atoms with van der Waals surface area (Å²) in [5.74, 6) is 1.01. The summed E-state index contributed by atoms with van der Waals surface area (Å²) in [7, 11) is 0. The molecule has 2 aliphatic heterocycles. The molecule has 2 aliphatic rings. The van der Waals surface area contributed by atoms with Crippen LogP contribution in [-0.4, -0.2) is 29.5 Å². The minimum absolute atomic E-state index is 0.561. The van der Waals surface area contributed by atoms with Gasteiger partial charge in [0.15, 0.2) is 11.5 Å². The molecule has 0 radical (unpaired) electrons. The minimum atomic E-state index is -0.561. The van der Waals surface area contributed by atoms with Gasteiger partial charge in [-0.2, -0.15) is 0 Å². The fourth-order valence-electron chi connectivity index (χ4n) is 3.39. The lowest BCUT2D eigenvalue weighted by Gasteiger charge is -2.20. The molecule has 122 valence electrons. The number of amidine groups is 1. The van der Waals surface area contributed by atoms with Gasteiger partial charge in [0.25, 0.3) is 0 Å². The summed E-state index contributed by atoms with van der Waals surface area (Å²) in [6.45, 7) is 4.19. The van der Waals surface area contributed by atoms with Crippen LogP contribution < -0.4 is 0 Å². The lowest BCUT2D eigenvalue weighted by atomic mass is 10.0. The molecule has 3 nitrogen and oxygen atoms in total. The summed E-state index contributed by atoms with van der Waals surface area (Å²) in [6.07, 6.45) is 2.43. The fourth-order valence-corrected chi connectivity index (χ4v) is 3.51. The highest BCUT2D eigenvalue weighted by Gasteiger charge is 2.36. The van der Waals surface area contributed by atoms with Crippen molar-refractivity contribution in [3.8, 4) is 0 Å². The van der Waals surface area contributed by atoms with Gasteiger partial charge in [-0.15, -0.1) is 0 Å². The molecule has 4 heteroatoms. The number of likely N-dealkylation sites (tertiary alicyclic amines) is 1. The van der Waals surface area contributed by atoms with Gasteiger partial charge < -0.3 is 4.90 Å². The molecule has 0 aromatic heterocycles. The highest BCUT2D eigenvalue weighted by atomic mass is 35.5. The molecule has 1 fully saturated rings. The summed E-state index contributed by atoms with van der Waals surface area (Å²) in [6, 6.07) is 18.2. The Bertz CT molecular complexity index is 789. The van der Waals surface area contributed by atoms with Crippen molar-refractivity contribution >= 4 is 23.1 Å². The van der Waals surface area contributed by atoms with Gasteiger partial charge in [0.2, 0.25) is 0 Å². The van der Waals surface area contributed by atoms with E-state index in [2.05, 4.69) is 24.0 Å². The average Bonchev–Trinajstić information content (AvgIpc) is 3.25. The van der Waals surface area contributed by atoms with E-state index in [1.807, 2.05) is 42.5 Å². The van der Waals surface area contributed by atoms with Gasteiger partial charge in [0, 0.05) is 29.2 Å². The molecule has 2 aromatic carbocycles. The van der Waals surface area contributed by atoms with Crippen LogP contribution in [0.2, 0.25) is 5.02 Å². The molecular formula is C20H20ClN3. The first-order chi connectivity index (χ1) is 11.7. The first kappa shape index (κ1) is 15.4. The average molecular weight is 338 g/mol. The van der Waals surface area contributed by atoms with Gasteiger partial charge in [0.1, 0.15) is 5.71 Å². The lowest BCUT2D eigenvalue weighted by molar-refractivity contribution is 0.498. The van der Waals surface area contributed by atoms with Crippen LogP contribution in [-0.2, 0) is 5.66 Å². The van der Waals surface area contributed by atoms with E-state index in [0.29, 0.717) is 0 Å². The van der Waals surface area contributed by atoms with Crippen molar-refractivity contribution in [2.24, 2.45) is 9.98 Å². The minimum Gasteiger partial charge on any atom is -0.355 e. The van der Waals surface area contributed by atoms with Crippen LogP contribution in [0.4, 0.5) is 0 Å². The van der Waals surface area contributed by atoms with Gasteiger partial charge in [-0.05, 0) is 31.9 Å². The Labute approximate surface area is 147 Å². The zero-order chi connectivity index (χ0) is 16.6. The second kappa shape index (κ2) is 6.06. The van der Waals surface area contributed by atoms with Gasteiger partial charge in [0.05, 0.1) is 0 Å². The first-order valence-corrected chi connectivity index (χ1v) is 8.80. The third-order valence-corrected chi connectivity index (χ3v) is 4.96. The maximum absolute atomic E-state index is 6.05. The number of rotatable bonds is 2. The fraction of sp³-hybridized carbons (Fsp3) is 0.300. The summed E-state index contributed by atoms with van der Waals surface area (Å²) < 4.78 is 0. The third-order valence-electron chi connectivity index (χ3n) is 4.71. The van der Waals surface area contributed by atoms with Crippen LogP contribution in [0.3, 0.4) is 0 Å². The highest BCUT2D eigenvalue weighted by Crippen LogP contribution is 2.34. The Kier molecular flexibility index (Phi) is 3.89. The summed E-state index contributed by atoms with van der Waals surface area (Å²) in [5, 5.41) is 0.739. The third kappa shape index (κ3) is 2.73. The maximum atomic E-state index is 6.05. The SMILES string of the molecule is CC1(c2ccccc2)N=C(c2ccc(Cl)cc2)C(N2CCCC2)=N1. The Morgan fingerprint density at radius 2 is 1.58 bits per heavy atom. The van der Waals surface area contributed by atoms with E-state index in [9.17, 15) is 0 Å². The number of aliphatic imine (C=N–C) groups is 2. The first-order valence-electron chi connectivity index (χ1n) is 8.42. The van der Waals surface area contributed by atoms with E-state index in [0.717, 1.165) is 40.8 Å². The molecule has 2 aromatic rings. The topological polar surface area (TPSA) is 28.0 Å². The van der Waals surface area contributed by atoms with Crippen LogP contribution in [0.15, 0.2) is 64.6 Å². The van der Waals surface area contributed by atoms with Crippen LogP contribution in [0.5, 0.6) is 0 Å². The van der Waals surface area contributed by atoms with Crippen molar-refractivity contribution in [2.45, 2.75) is 25.4 Å². The number of hydrogen-bond donors (Lipinski definition) is 0. The van der Waals surface area contributed by atoms with Gasteiger partial charge >= 0.3 is 0 Å². The molecule has 24 heavy (non-hydrogen) atoms. The maximum Gasteiger partial charge on any atom is 0.176 e. The molecule has 0 amide bonds. The molecule has 4 rings (SSSR count). The molecule has 1 saturated heterocycles. The van der Waals surface area contributed by atoms with E-state index in [1.165, 1.54) is 12.8 Å². The molecule has 0 spiro atoms. The number of nitrogens with zero attached hydrogens (tertiary/aromatic N) is 3. The number of benzene rings is 2. The second-order valence-electron chi connectivity index (χ2n) is 6.48. The van der Waals surface area contributed by atoms with Crippen molar-refractivity contribution in [3.63, 3.8) is 0 Å². The Morgan fingerprint density at radius 3 is 2.25 bits per heavy atom. The monoisotopic (exact) mass is 337 g/mol. The van der Waals surface area contributed by atoms with E-state index < -0.39 is 5.66 Å². The van der Waals surface area contributed by atoms with E-state index in [4.69, 9.17) is 21.6 Å². The summed E-state index contributed by atoms with van der Waals surface area (Å²) in [5.41, 5.74) is 2.60. The summed E-state index contributed by atoms with van der Waals surface area (Å²) >= 11 is 6.05. The Balaban J connectivity index is 1.81. The molecule has 0 N–H and O–H groups in total. The highest BCUT2D eigenvalue weighted by molar-refractivity contribution is 6.48. The van der Waals surface area contributed by atoms with Crippen molar-refractivity contribution in [2.75, 3.05) is 13.1 Å². The molecule has 0 saturated carbocycles. The van der Waals surface area contributed by atoms with Crippen LogP contribution in [0.25, 0.3) is 0 Å². The Morgan fingerprint density at radius 1 is 0.917 bits per heavy atom. The second-order valence-corrected chi connectivity index (χ2v) is 6.92. The van der Waals surface area contributed by atoms with Crippen molar-refractivity contribution < 1.29 is 0 Å². The van der Waals surface area contributed by atoms with Crippen LogP contribution in [0.1, 0.15) is 30.9 Å². The van der Waals surface area contributed by atoms with E-state index >= 15 is 0 Å². The normalized spacial score (nSPS) is 23.3.